The fraction of sp³-hybridized carbons (Fsp3) is 0.174. The van der Waals surface area contributed by atoms with Gasteiger partial charge in [0, 0.05) is 17.8 Å². The van der Waals surface area contributed by atoms with Crippen LogP contribution in [0.3, 0.4) is 0 Å². The lowest BCUT2D eigenvalue weighted by atomic mass is 9.91. The van der Waals surface area contributed by atoms with Crippen LogP contribution in [0.2, 0.25) is 0 Å². The zero-order valence-corrected chi connectivity index (χ0v) is 16.6. The number of benzene rings is 1. The smallest absolute Gasteiger partial charge is 0.229 e. The Bertz CT molecular complexity index is 1280. The van der Waals surface area contributed by atoms with Crippen LogP contribution >= 0.6 is 0 Å². The van der Waals surface area contributed by atoms with E-state index in [1.165, 1.54) is 22.7 Å². The monoisotopic (exact) mass is 418 g/mol. The predicted molar refractivity (Wildman–Crippen MR) is 116 cm³/mol. The summed E-state index contributed by atoms with van der Waals surface area (Å²) in [5.74, 6) is -0.920. The number of rotatable bonds is 4. The lowest BCUT2D eigenvalue weighted by Gasteiger charge is -2.20. The highest BCUT2D eigenvalue weighted by Crippen LogP contribution is 2.32. The van der Waals surface area contributed by atoms with Crippen molar-refractivity contribution in [2.75, 3.05) is 5.32 Å². The van der Waals surface area contributed by atoms with Gasteiger partial charge in [0.2, 0.25) is 5.95 Å². The molecule has 1 aliphatic rings. The number of nitrogens with zero attached hydrogens (tertiary/aromatic N) is 4. The number of halogens is 2. The molecule has 8 heteroatoms. The van der Waals surface area contributed by atoms with Gasteiger partial charge in [-0.1, -0.05) is 12.1 Å². The molecule has 1 atom stereocenters. The van der Waals surface area contributed by atoms with Gasteiger partial charge in [0.05, 0.1) is 34.9 Å². The lowest BCUT2D eigenvalue weighted by Crippen LogP contribution is -2.20. The van der Waals surface area contributed by atoms with Gasteiger partial charge in [-0.2, -0.15) is 9.61 Å². The Labute approximate surface area is 177 Å². The first-order valence-corrected chi connectivity index (χ1v) is 10.1. The standard InChI is InChI=1S/C23H20F2N6/c24-18-5-2-6-19(25)22(18)20-8-7-16-12-28-23(31(16)30-20)29-21-13-27-10-9-17(21)14-3-1-4-15(26)11-14/h2,5-13,15H,1,3-4,26H2,(H,28,29)/t15-/m1/s1. The Balaban J connectivity index is 1.56. The second-order valence-corrected chi connectivity index (χ2v) is 7.53. The zero-order chi connectivity index (χ0) is 21.4. The largest absolute Gasteiger partial charge is 0.324 e. The summed E-state index contributed by atoms with van der Waals surface area (Å²) < 4.78 is 30.0. The topological polar surface area (TPSA) is 81.1 Å². The summed E-state index contributed by atoms with van der Waals surface area (Å²) in [7, 11) is 0. The minimum Gasteiger partial charge on any atom is -0.324 e. The molecule has 3 aromatic heterocycles. The van der Waals surface area contributed by atoms with Crippen LogP contribution in [0.4, 0.5) is 20.4 Å². The summed E-state index contributed by atoms with van der Waals surface area (Å²) in [6.45, 7) is 0. The van der Waals surface area contributed by atoms with E-state index in [4.69, 9.17) is 5.73 Å². The van der Waals surface area contributed by atoms with E-state index < -0.39 is 11.6 Å². The Kier molecular flexibility index (Phi) is 4.91. The molecule has 0 fully saturated rings. The molecule has 0 amide bonds. The van der Waals surface area contributed by atoms with E-state index in [9.17, 15) is 8.78 Å². The molecule has 0 spiro atoms. The molecule has 0 radical (unpaired) electrons. The van der Waals surface area contributed by atoms with E-state index in [-0.39, 0.29) is 17.3 Å². The molecule has 3 heterocycles. The summed E-state index contributed by atoms with van der Waals surface area (Å²) in [6.07, 6.45) is 10.1. The number of nitrogens with one attached hydrogen (secondary N) is 1. The number of nitrogens with two attached hydrogens (primary N) is 1. The van der Waals surface area contributed by atoms with Crippen molar-refractivity contribution in [3.63, 3.8) is 0 Å². The average molecular weight is 418 g/mol. The zero-order valence-electron chi connectivity index (χ0n) is 16.6. The van der Waals surface area contributed by atoms with Crippen LogP contribution in [0, 0.1) is 11.6 Å². The first-order valence-electron chi connectivity index (χ1n) is 10.1. The molecule has 4 aromatic rings. The van der Waals surface area contributed by atoms with Crippen LogP contribution in [-0.2, 0) is 0 Å². The molecule has 0 bridgehead atoms. The van der Waals surface area contributed by atoms with Gasteiger partial charge in [-0.25, -0.2) is 13.8 Å². The summed E-state index contributed by atoms with van der Waals surface area (Å²) in [5.41, 5.74) is 9.73. The maximum atomic E-state index is 14.3. The Morgan fingerprint density at radius 2 is 1.90 bits per heavy atom. The molecule has 31 heavy (non-hydrogen) atoms. The summed E-state index contributed by atoms with van der Waals surface area (Å²) in [4.78, 5) is 8.63. The van der Waals surface area contributed by atoms with Gasteiger partial charge in [0.15, 0.2) is 0 Å². The van der Waals surface area contributed by atoms with Gasteiger partial charge in [-0.3, -0.25) is 4.98 Å². The van der Waals surface area contributed by atoms with Crippen molar-refractivity contribution < 1.29 is 8.78 Å². The van der Waals surface area contributed by atoms with Crippen LogP contribution in [0.15, 0.2) is 61.1 Å². The minimum absolute atomic E-state index is 0.0388. The van der Waals surface area contributed by atoms with Crippen LogP contribution < -0.4 is 11.1 Å². The Morgan fingerprint density at radius 1 is 1.06 bits per heavy atom. The molecule has 5 rings (SSSR count). The molecule has 156 valence electrons. The van der Waals surface area contributed by atoms with Crippen molar-refractivity contribution in [2.24, 2.45) is 5.73 Å². The number of pyridine rings is 1. The molecular formula is C23H20F2N6. The van der Waals surface area contributed by atoms with E-state index in [1.807, 2.05) is 6.07 Å². The number of allylic oxidation sites excluding steroid dienone is 1. The first kappa shape index (κ1) is 19.3. The van der Waals surface area contributed by atoms with E-state index in [0.717, 1.165) is 36.1 Å². The number of hydrogen-bond donors (Lipinski definition) is 2. The third-order valence-corrected chi connectivity index (χ3v) is 5.42. The van der Waals surface area contributed by atoms with Gasteiger partial charge in [-0.05, 0) is 55.2 Å². The van der Waals surface area contributed by atoms with E-state index >= 15 is 0 Å². The highest BCUT2D eigenvalue weighted by atomic mass is 19.1. The van der Waals surface area contributed by atoms with Crippen molar-refractivity contribution in [1.82, 2.24) is 19.6 Å². The number of aromatic nitrogens is 4. The van der Waals surface area contributed by atoms with Crippen LogP contribution in [-0.4, -0.2) is 25.6 Å². The second kappa shape index (κ2) is 7.88. The minimum atomic E-state index is -0.670. The van der Waals surface area contributed by atoms with Crippen LogP contribution in [0.25, 0.3) is 22.3 Å². The van der Waals surface area contributed by atoms with Crippen molar-refractivity contribution in [3.8, 4) is 11.3 Å². The van der Waals surface area contributed by atoms with Gasteiger partial charge >= 0.3 is 0 Å². The third kappa shape index (κ3) is 3.66. The molecule has 0 unspecified atom stereocenters. The molecule has 1 aliphatic carbocycles. The van der Waals surface area contributed by atoms with Crippen LogP contribution in [0.1, 0.15) is 24.8 Å². The average Bonchev–Trinajstić information content (AvgIpc) is 3.16. The number of fused-ring (bicyclic) bond motifs is 1. The molecule has 0 saturated heterocycles. The highest BCUT2D eigenvalue weighted by molar-refractivity contribution is 5.78. The number of imidazole rings is 1. The summed E-state index contributed by atoms with van der Waals surface area (Å²) >= 11 is 0. The van der Waals surface area contributed by atoms with Gasteiger partial charge in [0.1, 0.15) is 11.6 Å². The first-order chi connectivity index (χ1) is 15.1. The molecule has 0 aliphatic heterocycles. The van der Waals surface area contributed by atoms with Crippen molar-refractivity contribution in [1.29, 1.82) is 0 Å². The molecule has 3 N–H and O–H groups in total. The third-order valence-electron chi connectivity index (χ3n) is 5.42. The van der Waals surface area contributed by atoms with Gasteiger partial charge in [-0.15, -0.1) is 0 Å². The summed E-state index contributed by atoms with van der Waals surface area (Å²) in [5, 5.41) is 7.71. The number of hydrogen-bond acceptors (Lipinski definition) is 5. The molecular weight excluding hydrogens is 398 g/mol. The van der Waals surface area contributed by atoms with E-state index in [1.54, 1.807) is 30.7 Å². The number of anilines is 2. The highest BCUT2D eigenvalue weighted by Gasteiger charge is 2.17. The fourth-order valence-electron chi connectivity index (χ4n) is 3.92. The molecule has 1 aromatic carbocycles. The predicted octanol–water partition coefficient (Wildman–Crippen LogP) is 4.71. The van der Waals surface area contributed by atoms with Gasteiger partial charge in [0.25, 0.3) is 0 Å². The molecule has 0 saturated carbocycles. The summed E-state index contributed by atoms with van der Waals surface area (Å²) in [6, 6.07) is 9.02. The van der Waals surface area contributed by atoms with Crippen LogP contribution in [0.5, 0.6) is 0 Å². The van der Waals surface area contributed by atoms with E-state index in [2.05, 4.69) is 26.5 Å². The molecule has 6 nitrogen and oxygen atoms in total. The quantitative estimate of drug-likeness (QED) is 0.502. The van der Waals surface area contributed by atoms with Gasteiger partial charge < -0.3 is 11.1 Å². The normalized spacial score (nSPS) is 16.4. The lowest BCUT2D eigenvalue weighted by molar-refractivity contribution is 0.588. The van der Waals surface area contributed by atoms with E-state index in [0.29, 0.717) is 11.5 Å². The van der Waals surface area contributed by atoms with Crippen molar-refractivity contribution in [2.45, 2.75) is 25.3 Å². The Morgan fingerprint density at radius 3 is 2.71 bits per heavy atom. The van der Waals surface area contributed by atoms with Crippen molar-refractivity contribution in [3.05, 3.63) is 78.3 Å². The fourth-order valence-corrected chi connectivity index (χ4v) is 3.92. The maximum absolute atomic E-state index is 14.3. The maximum Gasteiger partial charge on any atom is 0.229 e. The van der Waals surface area contributed by atoms with Crippen molar-refractivity contribution >= 4 is 22.7 Å². The SMILES string of the molecule is N[C@H]1C=C(c2ccncc2Nc2ncc3ccc(-c4c(F)cccc4F)nn23)CCC1. The second-order valence-electron chi connectivity index (χ2n) is 7.53. The Hall–Kier alpha value is -3.65.